The van der Waals surface area contributed by atoms with Crippen molar-refractivity contribution in [3.05, 3.63) is 23.5 Å². The molecule has 0 saturated heterocycles. The third-order valence-electron chi connectivity index (χ3n) is 1.98. The molecule has 0 bridgehead atoms. The maximum atomic E-state index is 10.3. The summed E-state index contributed by atoms with van der Waals surface area (Å²) in [4.78, 5) is 10.3. The normalized spacial score (nSPS) is 11.0. The quantitative estimate of drug-likeness (QED) is 0.742. The second-order valence-corrected chi connectivity index (χ2v) is 3.08. The summed E-state index contributed by atoms with van der Waals surface area (Å²) in [7, 11) is 0. The molecule has 0 aliphatic heterocycles. The highest BCUT2D eigenvalue weighted by Gasteiger charge is 2.02. The summed E-state index contributed by atoms with van der Waals surface area (Å²) in [6.45, 7) is 4.88. The lowest BCUT2D eigenvalue weighted by molar-refractivity contribution is -0.131. The number of aromatic nitrogens is 2. The Morgan fingerprint density at radius 2 is 2.43 bits per heavy atom. The van der Waals surface area contributed by atoms with Crippen LogP contribution in [0.15, 0.2) is 12.3 Å². The second kappa shape index (κ2) is 4.60. The molecule has 0 saturated carbocycles. The predicted molar refractivity (Wildman–Crippen MR) is 53.9 cm³/mol. The molecule has 14 heavy (non-hydrogen) atoms. The standard InChI is InChI=1S/C10H14N2O2/c1-3-6-12-8(2)9(7-11-12)4-5-10(13)14/h4-5,7H,3,6H2,1-2H3,(H,13,14). The lowest BCUT2D eigenvalue weighted by Crippen LogP contribution is -2.00. The summed E-state index contributed by atoms with van der Waals surface area (Å²) in [5, 5.41) is 12.6. The first-order valence-corrected chi connectivity index (χ1v) is 4.58. The van der Waals surface area contributed by atoms with E-state index in [1.165, 1.54) is 0 Å². The molecule has 4 heteroatoms. The average molecular weight is 194 g/mol. The van der Waals surface area contributed by atoms with Crippen LogP contribution in [0.3, 0.4) is 0 Å². The first-order valence-electron chi connectivity index (χ1n) is 4.58. The number of hydrogen-bond donors (Lipinski definition) is 1. The summed E-state index contributed by atoms with van der Waals surface area (Å²) in [5.41, 5.74) is 1.87. The van der Waals surface area contributed by atoms with Crippen molar-refractivity contribution in [1.82, 2.24) is 9.78 Å². The molecular weight excluding hydrogens is 180 g/mol. The van der Waals surface area contributed by atoms with E-state index in [0.717, 1.165) is 30.3 Å². The number of carboxylic acids is 1. The van der Waals surface area contributed by atoms with E-state index in [4.69, 9.17) is 5.11 Å². The fraction of sp³-hybridized carbons (Fsp3) is 0.400. The molecule has 0 aliphatic carbocycles. The van der Waals surface area contributed by atoms with Crippen LogP contribution in [-0.2, 0) is 11.3 Å². The predicted octanol–water partition coefficient (Wildman–Crippen LogP) is 1.70. The van der Waals surface area contributed by atoms with Crippen molar-refractivity contribution in [2.24, 2.45) is 0 Å². The van der Waals surface area contributed by atoms with Crippen molar-refractivity contribution >= 4 is 12.0 Å². The van der Waals surface area contributed by atoms with Gasteiger partial charge in [-0.05, 0) is 19.4 Å². The number of aryl methyl sites for hydroxylation is 1. The Labute approximate surface area is 82.9 Å². The van der Waals surface area contributed by atoms with Gasteiger partial charge in [-0.25, -0.2) is 4.79 Å². The van der Waals surface area contributed by atoms with Crippen molar-refractivity contribution in [2.45, 2.75) is 26.8 Å². The highest BCUT2D eigenvalue weighted by molar-refractivity contribution is 5.85. The van der Waals surface area contributed by atoms with Gasteiger partial charge in [-0.2, -0.15) is 5.10 Å². The zero-order valence-corrected chi connectivity index (χ0v) is 8.40. The Hall–Kier alpha value is -1.58. The lowest BCUT2D eigenvalue weighted by Gasteiger charge is -2.00. The molecular formula is C10H14N2O2. The average Bonchev–Trinajstić information content (AvgIpc) is 2.46. The van der Waals surface area contributed by atoms with Gasteiger partial charge in [0.1, 0.15) is 0 Å². The summed E-state index contributed by atoms with van der Waals surface area (Å²) in [6.07, 6.45) is 5.40. The summed E-state index contributed by atoms with van der Waals surface area (Å²) in [5.74, 6) is -0.937. The van der Waals surface area contributed by atoms with Gasteiger partial charge in [0.25, 0.3) is 0 Å². The highest BCUT2D eigenvalue weighted by Crippen LogP contribution is 2.09. The third-order valence-corrected chi connectivity index (χ3v) is 1.98. The minimum absolute atomic E-state index is 0.862. The van der Waals surface area contributed by atoms with Gasteiger partial charge in [0, 0.05) is 23.9 Å². The molecule has 0 aliphatic rings. The van der Waals surface area contributed by atoms with Crippen molar-refractivity contribution in [2.75, 3.05) is 0 Å². The Balaban J connectivity index is 2.84. The first kappa shape index (κ1) is 10.5. The van der Waals surface area contributed by atoms with Crippen molar-refractivity contribution in [1.29, 1.82) is 0 Å². The van der Waals surface area contributed by atoms with Gasteiger partial charge in [0.05, 0.1) is 6.20 Å². The van der Waals surface area contributed by atoms with Crippen LogP contribution in [0.25, 0.3) is 6.08 Å². The molecule has 1 rings (SSSR count). The fourth-order valence-corrected chi connectivity index (χ4v) is 1.22. The summed E-state index contributed by atoms with van der Waals surface area (Å²) >= 11 is 0. The van der Waals surface area contributed by atoms with Gasteiger partial charge in [-0.3, -0.25) is 4.68 Å². The number of rotatable bonds is 4. The van der Waals surface area contributed by atoms with Gasteiger partial charge in [-0.1, -0.05) is 6.92 Å². The van der Waals surface area contributed by atoms with E-state index in [-0.39, 0.29) is 0 Å². The number of carbonyl (C=O) groups is 1. The van der Waals surface area contributed by atoms with E-state index in [2.05, 4.69) is 12.0 Å². The van der Waals surface area contributed by atoms with Crippen LogP contribution in [0.5, 0.6) is 0 Å². The van der Waals surface area contributed by atoms with E-state index < -0.39 is 5.97 Å². The van der Waals surface area contributed by atoms with Crippen molar-refractivity contribution in [3.8, 4) is 0 Å². The number of hydrogen-bond acceptors (Lipinski definition) is 2. The maximum absolute atomic E-state index is 10.3. The Bertz CT molecular complexity index is 353. The van der Waals surface area contributed by atoms with Crippen molar-refractivity contribution in [3.63, 3.8) is 0 Å². The van der Waals surface area contributed by atoms with Crippen LogP contribution < -0.4 is 0 Å². The van der Waals surface area contributed by atoms with E-state index in [0.29, 0.717) is 0 Å². The van der Waals surface area contributed by atoms with Crippen molar-refractivity contribution < 1.29 is 9.90 Å². The smallest absolute Gasteiger partial charge is 0.328 e. The minimum atomic E-state index is -0.937. The van der Waals surface area contributed by atoms with E-state index in [9.17, 15) is 4.79 Å². The van der Waals surface area contributed by atoms with Crippen LogP contribution in [-0.4, -0.2) is 20.9 Å². The Kier molecular flexibility index (Phi) is 3.45. The van der Waals surface area contributed by atoms with Crippen LogP contribution in [0.4, 0.5) is 0 Å². The first-order chi connectivity index (χ1) is 6.65. The maximum Gasteiger partial charge on any atom is 0.328 e. The van der Waals surface area contributed by atoms with E-state index >= 15 is 0 Å². The number of carboxylic acid groups (broad SMARTS) is 1. The third kappa shape index (κ3) is 2.45. The van der Waals surface area contributed by atoms with E-state index in [1.807, 2.05) is 11.6 Å². The monoisotopic (exact) mass is 194 g/mol. The molecule has 4 nitrogen and oxygen atoms in total. The molecule has 0 fully saturated rings. The SMILES string of the molecule is CCCn1ncc(C=CC(=O)O)c1C. The van der Waals surface area contributed by atoms with E-state index in [1.54, 1.807) is 12.3 Å². The summed E-state index contributed by atoms with van der Waals surface area (Å²) in [6, 6.07) is 0. The van der Waals surface area contributed by atoms with Gasteiger partial charge in [0.15, 0.2) is 0 Å². The molecule has 0 spiro atoms. The van der Waals surface area contributed by atoms with Crippen LogP contribution in [0, 0.1) is 6.92 Å². The minimum Gasteiger partial charge on any atom is -0.478 e. The van der Waals surface area contributed by atoms with Gasteiger partial charge in [0.2, 0.25) is 0 Å². The molecule has 76 valence electrons. The van der Waals surface area contributed by atoms with Crippen LogP contribution >= 0.6 is 0 Å². The lowest BCUT2D eigenvalue weighted by atomic mass is 10.2. The number of nitrogens with zero attached hydrogens (tertiary/aromatic N) is 2. The van der Waals surface area contributed by atoms with Gasteiger partial charge >= 0.3 is 5.97 Å². The molecule has 1 aromatic rings. The Morgan fingerprint density at radius 3 is 3.00 bits per heavy atom. The zero-order chi connectivity index (χ0) is 10.6. The molecule has 0 unspecified atom stereocenters. The molecule has 0 aromatic carbocycles. The molecule has 0 amide bonds. The Morgan fingerprint density at radius 1 is 1.71 bits per heavy atom. The topological polar surface area (TPSA) is 55.1 Å². The fourth-order valence-electron chi connectivity index (χ4n) is 1.22. The van der Waals surface area contributed by atoms with Crippen LogP contribution in [0.1, 0.15) is 24.6 Å². The zero-order valence-electron chi connectivity index (χ0n) is 8.40. The number of aliphatic carboxylic acids is 1. The molecule has 0 atom stereocenters. The molecule has 1 N–H and O–H groups in total. The molecule has 1 aromatic heterocycles. The van der Waals surface area contributed by atoms with Gasteiger partial charge < -0.3 is 5.11 Å². The highest BCUT2D eigenvalue weighted by atomic mass is 16.4. The molecule has 1 heterocycles. The van der Waals surface area contributed by atoms with Gasteiger partial charge in [-0.15, -0.1) is 0 Å². The summed E-state index contributed by atoms with van der Waals surface area (Å²) < 4.78 is 1.88. The second-order valence-electron chi connectivity index (χ2n) is 3.08. The molecule has 0 radical (unpaired) electrons. The largest absolute Gasteiger partial charge is 0.478 e. The van der Waals surface area contributed by atoms with Crippen LogP contribution in [0.2, 0.25) is 0 Å².